The molecule has 3 nitrogen and oxygen atoms in total. The third-order valence-corrected chi connectivity index (χ3v) is 3.59. The van der Waals surface area contributed by atoms with E-state index in [2.05, 4.69) is 5.32 Å². The topological polar surface area (TPSA) is 52.9 Å². The fourth-order valence-electron chi connectivity index (χ4n) is 2.34. The molecule has 0 saturated heterocycles. The van der Waals surface area contributed by atoms with Crippen LogP contribution < -0.4 is 5.32 Å². The molecule has 20 heavy (non-hydrogen) atoms. The van der Waals surface area contributed by atoms with E-state index in [-0.39, 0.29) is 37.5 Å². The maximum atomic E-state index is 13.0. The number of hydrogen-bond acceptors (Lipinski definition) is 2. The van der Waals surface area contributed by atoms with Gasteiger partial charge in [0.05, 0.1) is 12.5 Å². The Labute approximate surface area is 116 Å². The minimum Gasteiger partial charge on any atom is -0.326 e. The Morgan fingerprint density at radius 3 is 2.45 bits per heavy atom. The maximum Gasteiger partial charge on any atom is 0.248 e. The molecule has 0 radical (unpaired) electrons. The number of carbonyl (C=O) groups is 1. The van der Waals surface area contributed by atoms with Gasteiger partial charge in [-0.2, -0.15) is 5.26 Å². The van der Waals surface area contributed by atoms with Crippen molar-refractivity contribution >= 4 is 11.6 Å². The molecule has 1 saturated carbocycles. The van der Waals surface area contributed by atoms with Crippen LogP contribution in [0, 0.1) is 17.2 Å². The molecular weight excluding hydrogens is 262 g/mol. The van der Waals surface area contributed by atoms with Crippen LogP contribution in [0.15, 0.2) is 24.3 Å². The molecule has 0 spiro atoms. The Morgan fingerprint density at radius 1 is 1.30 bits per heavy atom. The molecule has 2 rings (SSSR count). The van der Waals surface area contributed by atoms with Gasteiger partial charge < -0.3 is 5.32 Å². The summed E-state index contributed by atoms with van der Waals surface area (Å²) in [5.41, 5.74) is 1.51. The SMILES string of the molecule is N#CCc1ccc(NC(=O)C2CCC(F)(F)CC2)cc1. The van der Waals surface area contributed by atoms with Crippen molar-refractivity contribution < 1.29 is 13.6 Å². The van der Waals surface area contributed by atoms with Crippen molar-refractivity contribution in [2.24, 2.45) is 5.92 Å². The van der Waals surface area contributed by atoms with Crippen LogP contribution in [0.2, 0.25) is 0 Å². The number of amides is 1. The fraction of sp³-hybridized carbons (Fsp3) is 0.467. The number of anilines is 1. The minimum absolute atomic E-state index is 0.200. The van der Waals surface area contributed by atoms with Crippen LogP contribution >= 0.6 is 0 Å². The Hall–Kier alpha value is -1.96. The lowest BCUT2D eigenvalue weighted by Gasteiger charge is -2.27. The first-order valence-electron chi connectivity index (χ1n) is 6.65. The van der Waals surface area contributed by atoms with Gasteiger partial charge in [-0.25, -0.2) is 8.78 Å². The van der Waals surface area contributed by atoms with E-state index in [4.69, 9.17) is 5.26 Å². The maximum absolute atomic E-state index is 13.0. The fourth-order valence-corrected chi connectivity index (χ4v) is 2.34. The average Bonchev–Trinajstić information content (AvgIpc) is 2.41. The third-order valence-electron chi connectivity index (χ3n) is 3.59. The number of nitrogens with zero attached hydrogens (tertiary/aromatic N) is 1. The van der Waals surface area contributed by atoms with E-state index in [1.807, 2.05) is 6.07 Å². The second-order valence-corrected chi connectivity index (χ2v) is 5.15. The van der Waals surface area contributed by atoms with Crippen LogP contribution in [0.3, 0.4) is 0 Å². The van der Waals surface area contributed by atoms with E-state index in [1.165, 1.54) is 0 Å². The number of benzene rings is 1. The predicted octanol–water partition coefficient (Wildman–Crippen LogP) is 3.52. The van der Waals surface area contributed by atoms with Crippen LogP contribution in [0.4, 0.5) is 14.5 Å². The van der Waals surface area contributed by atoms with E-state index in [0.717, 1.165) is 5.56 Å². The van der Waals surface area contributed by atoms with Crippen LogP contribution in [-0.2, 0) is 11.2 Å². The first kappa shape index (κ1) is 14.4. The number of carbonyl (C=O) groups excluding carboxylic acids is 1. The molecule has 0 bridgehead atoms. The molecule has 0 aromatic heterocycles. The van der Waals surface area contributed by atoms with Gasteiger partial charge in [-0.3, -0.25) is 4.79 Å². The number of alkyl halides is 2. The standard InChI is InChI=1S/C15H16F2N2O/c16-15(17)8-5-12(6-9-15)14(20)19-13-3-1-11(2-4-13)7-10-18/h1-4,12H,5-9H2,(H,19,20). The van der Waals surface area contributed by atoms with Gasteiger partial charge in [0.15, 0.2) is 0 Å². The summed E-state index contributed by atoms with van der Waals surface area (Å²) in [6.45, 7) is 0. The first-order valence-corrected chi connectivity index (χ1v) is 6.65. The Balaban J connectivity index is 1.90. The van der Waals surface area contributed by atoms with Crippen molar-refractivity contribution in [1.82, 2.24) is 0 Å². The van der Waals surface area contributed by atoms with Crippen molar-refractivity contribution in [2.75, 3.05) is 5.32 Å². The largest absolute Gasteiger partial charge is 0.326 e. The second-order valence-electron chi connectivity index (χ2n) is 5.15. The molecule has 1 aliphatic rings. The highest BCUT2D eigenvalue weighted by molar-refractivity contribution is 5.92. The molecule has 106 valence electrons. The summed E-state index contributed by atoms with van der Waals surface area (Å²) in [6.07, 6.45) is 0.348. The van der Waals surface area contributed by atoms with Gasteiger partial charge in [-0.15, -0.1) is 0 Å². The van der Waals surface area contributed by atoms with E-state index >= 15 is 0 Å². The molecule has 5 heteroatoms. The molecule has 0 heterocycles. The molecular formula is C15H16F2N2O. The monoisotopic (exact) mass is 278 g/mol. The molecule has 0 unspecified atom stereocenters. The quantitative estimate of drug-likeness (QED) is 0.919. The lowest BCUT2D eigenvalue weighted by molar-refractivity contribution is -0.124. The van der Waals surface area contributed by atoms with Gasteiger partial charge in [-0.1, -0.05) is 12.1 Å². The molecule has 1 aromatic rings. The van der Waals surface area contributed by atoms with E-state index < -0.39 is 5.92 Å². The van der Waals surface area contributed by atoms with Gasteiger partial charge in [-0.05, 0) is 30.5 Å². The molecule has 1 N–H and O–H groups in total. The van der Waals surface area contributed by atoms with Crippen LogP contribution in [0.5, 0.6) is 0 Å². The van der Waals surface area contributed by atoms with E-state index in [9.17, 15) is 13.6 Å². The van der Waals surface area contributed by atoms with Gasteiger partial charge in [0.25, 0.3) is 0 Å². The molecule has 0 atom stereocenters. The second kappa shape index (κ2) is 6.00. The summed E-state index contributed by atoms with van der Waals surface area (Å²) in [5.74, 6) is -3.16. The first-order chi connectivity index (χ1) is 9.50. The molecule has 1 amide bonds. The Morgan fingerprint density at radius 2 is 1.90 bits per heavy atom. The molecule has 1 fully saturated rings. The van der Waals surface area contributed by atoms with Crippen molar-refractivity contribution in [3.05, 3.63) is 29.8 Å². The summed E-state index contributed by atoms with van der Waals surface area (Å²) in [6, 6.07) is 9.04. The van der Waals surface area contributed by atoms with Gasteiger partial charge in [0.2, 0.25) is 11.8 Å². The van der Waals surface area contributed by atoms with Gasteiger partial charge in [0.1, 0.15) is 0 Å². The van der Waals surface area contributed by atoms with Crippen molar-refractivity contribution in [1.29, 1.82) is 5.26 Å². The Kier molecular flexibility index (Phi) is 4.33. The molecule has 1 aliphatic carbocycles. The highest BCUT2D eigenvalue weighted by atomic mass is 19.3. The number of nitriles is 1. The molecule has 1 aromatic carbocycles. The summed E-state index contributed by atoms with van der Waals surface area (Å²) in [4.78, 5) is 12.0. The summed E-state index contributed by atoms with van der Waals surface area (Å²) < 4.78 is 26.1. The Bertz CT molecular complexity index is 510. The summed E-state index contributed by atoms with van der Waals surface area (Å²) in [5, 5.41) is 11.3. The summed E-state index contributed by atoms with van der Waals surface area (Å²) >= 11 is 0. The predicted molar refractivity (Wildman–Crippen MR) is 71.3 cm³/mol. The van der Waals surface area contributed by atoms with Gasteiger partial charge in [0, 0.05) is 24.4 Å². The third kappa shape index (κ3) is 3.77. The van der Waals surface area contributed by atoms with Crippen molar-refractivity contribution in [3.63, 3.8) is 0 Å². The van der Waals surface area contributed by atoms with E-state index in [0.29, 0.717) is 12.1 Å². The van der Waals surface area contributed by atoms with E-state index in [1.54, 1.807) is 24.3 Å². The van der Waals surface area contributed by atoms with Crippen molar-refractivity contribution in [2.45, 2.75) is 38.0 Å². The van der Waals surface area contributed by atoms with Gasteiger partial charge >= 0.3 is 0 Å². The number of rotatable bonds is 3. The highest BCUT2D eigenvalue weighted by Gasteiger charge is 2.37. The lowest BCUT2D eigenvalue weighted by atomic mass is 9.86. The average molecular weight is 278 g/mol. The number of nitrogens with one attached hydrogen (secondary N) is 1. The lowest BCUT2D eigenvalue weighted by Crippen LogP contribution is -2.31. The zero-order chi connectivity index (χ0) is 14.6. The summed E-state index contributed by atoms with van der Waals surface area (Å²) in [7, 11) is 0. The van der Waals surface area contributed by atoms with Crippen molar-refractivity contribution in [3.8, 4) is 6.07 Å². The zero-order valence-electron chi connectivity index (χ0n) is 11.0. The molecule has 0 aliphatic heterocycles. The number of halogens is 2. The zero-order valence-corrected chi connectivity index (χ0v) is 11.0. The minimum atomic E-state index is -2.62. The smallest absolute Gasteiger partial charge is 0.248 e. The van der Waals surface area contributed by atoms with Crippen LogP contribution in [0.25, 0.3) is 0 Å². The normalized spacial score (nSPS) is 18.2. The highest BCUT2D eigenvalue weighted by Crippen LogP contribution is 2.36. The van der Waals surface area contributed by atoms with Crippen LogP contribution in [-0.4, -0.2) is 11.8 Å². The van der Waals surface area contributed by atoms with Crippen LogP contribution in [0.1, 0.15) is 31.2 Å². The number of hydrogen-bond donors (Lipinski definition) is 1.